The van der Waals surface area contributed by atoms with Crippen molar-refractivity contribution in [2.75, 3.05) is 11.9 Å². The summed E-state index contributed by atoms with van der Waals surface area (Å²) in [5.41, 5.74) is 1.24. The molecule has 0 saturated carbocycles. The molecular weight excluding hydrogens is 262 g/mol. The zero-order chi connectivity index (χ0) is 14.5. The van der Waals surface area contributed by atoms with E-state index in [0.717, 1.165) is 5.56 Å². The lowest BCUT2D eigenvalue weighted by Gasteiger charge is -2.04. The molecule has 0 aliphatic heterocycles. The molecule has 0 fully saturated rings. The molecule has 0 aliphatic carbocycles. The second-order valence-corrected chi connectivity index (χ2v) is 3.85. The van der Waals surface area contributed by atoms with Gasteiger partial charge in [-0.2, -0.15) is 4.80 Å². The smallest absolute Gasteiger partial charge is 0.397 e. The monoisotopic (exact) mass is 275 g/mol. The van der Waals surface area contributed by atoms with Gasteiger partial charge in [-0.1, -0.05) is 0 Å². The van der Waals surface area contributed by atoms with Gasteiger partial charge in [0.1, 0.15) is 0 Å². The van der Waals surface area contributed by atoms with E-state index in [-0.39, 0.29) is 6.61 Å². The minimum atomic E-state index is -0.910. The van der Waals surface area contributed by atoms with Gasteiger partial charge in [0.2, 0.25) is 5.82 Å². The van der Waals surface area contributed by atoms with Crippen molar-refractivity contribution < 1.29 is 14.3 Å². The summed E-state index contributed by atoms with van der Waals surface area (Å²) in [5, 5.41) is 14.1. The van der Waals surface area contributed by atoms with Gasteiger partial charge in [-0.25, -0.2) is 4.79 Å². The summed E-state index contributed by atoms with van der Waals surface area (Å²) in [5.74, 6) is -1.24. The molecular formula is C12H13N5O3. The summed E-state index contributed by atoms with van der Waals surface area (Å²) in [6.07, 6.45) is 0. The van der Waals surface area contributed by atoms with Crippen molar-refractivity contribution in [3.63, 3.8) is 0 Å². The number of benzene rings is 1. The number of nitrogens with one attached hydrogen (secondary N) is 1. The van der Waals surface area contributed by atoms with Gasteiger partial charge in [-0.05, 0) is 36.4 Å². The standard InChI is InChI=1S/C12H13N5O3/c1-3-20-12(19)11(18)13-9-6-4-8(5-7-9)10-14-16-17(2)15-10/h4-7H,3H2,1-2H3,(H,13,18). The number of ether oxygens (including phenoxy) is 1. The molecule has 0 aliphatic rings. The minimum absolute atomic E-state index is 0.156. The first kappa shape index (κ1) is 13.7. The van der Waals surface area contributed by atoms with Crippen LogP contribution in [0.2, 0.25) is 0 Å². The predicted molar refractivity (Wildman–Crippen MR) is 69.5 cm³/mol. The number of carbonyl (C=O) groups excluding carboxylic acids is 2. The fraction of sp³-hybridized carbons (Fsp3) is 0.250. The van der Waals surface area contributed by atoms with E-state index in [9.17, 15) is 9.59 Å². The summed E-state index contributed by atoms with van der Waals surface area (Å²) in [4.78, 5) is 24.0. The Hall–Kier alpha value is -2.77. The fourth-order valence-electron chi connectivity index (χ4n) is 1.48. The van der Waals surface area contributed by atoms with E-state index < -0.39 is 11.9 Å². The average molecular weight is 275 g/mol. The highest BCUT2D eigenvalue weighted by atomic mass is 16.5. The number of hydrogen-bond donors (Lipinski definition) is 1. The number of anilines is 1. The molecule has 1 N–H and O–H groups in total. The number of rotatable bonds is 3. The molecule has 0 spiro atoms. The van der Waals surface area contributed by atoms with E-state index in [1.54, 1.807) is 38.2 Å². The van der Waals surface area contributed by atoms with Crippen LogP contribution in [0.5, 0.6) is 0 Å². The van der Waals surface area contributed by atoms with Crippen molar-refractivity contribution in [3.05, 3.63) is 24.3 Å². The molecule has 0 saturated heterocycles. The fourth-order valence-corrected chi connectivity index (χ4v) is 1.48. The van der Waals surface area contributed by atoms with Gasteiger partial charge in [0, 0.05) is 11.3 Å². The predicted octanol–water partition coefficient (Wildman–Crippen LogP) is 0.379. The van der Waals surface area contributed by atoms with E-state index in [1.807, 2.05) is 0 Å². The van der Waals surface area contributed by atoms with Crippen molar-refractivity contribution in [3.8, 4) is 11.4 Å². The first-order valence-electron chi connectivity index (χ1n) is 5.92. The molecule has 1 aromatic carbocycles. The molecule has 20 heavy (non-hydrogen) atoms. The number of carbonyl (C=O) groups is 2. The van der Waals surface area contributed by atoms with Crippen molar-refractivity contribution in [1.82, 2.24) is 20.2 Å². The summed E-state index contributed by atoms with van der Waals surface area (Å²) < 4.78 is 4.59. The van der Waals surface area contributed by atoms with Gasteiger partial charge in [0.05, 0.1) is 13.7 Å². The molecule has 8 heteroatoms. The quantitative estimate of drug-likeness (QED) is 0.642. The van der Waals surface area contributed by atoms with Crippen LogP contribution >= 0.6 is 0 Å². The van der Waals surface area contributed by atoms with Crippen LogP contribution in [0, 0.1) is 0 Å². The Balaban J connectivity index is 2.05. The molecule has 104 valence electrons. The summed E-state index contributed by atoms with van der Waals surface area (Å²) in [7, 11) is 1.67. The average Bonchev–Trinajstić information content (AvgIpc) is 2.86. The molecule has 1 amide bonds. The van der Waals surface area contributed by atoms with Gasteiger partial charge in [0.25, 0.3) is 0 Å². The zero-order valence-corrected chi connectivity index (χ0v) is 11.0. The summed E-state index contributed by atoms with van der Waals surface area (Å²) in [6, 6.07) is 6.72. The Morgan fingerprint density at radius 2 is 2.00 bits per heavy atom. The van der Waals surface area contributed by atoms with Gasteiger partial charge in [0.15, 0.2) is 0 Å². The third-order valence-electron chi connectivity index (χ3n) is 2.37. The summed E-state index contributed by atoms with van der Waals surface area (Å²) in [6.45, 7) is 1.79. The Morgan fingerprint density at radius 3 is 2.55 bits per heavy atom. The number of esters is 1. The van der Waals surface area contributed by atoms with Crippen LogP contribution in [0.3, 0.4) is 0 Å². The third-order valence-corrected chi connectivity index (χ3v) is 2.37. The number of aryl methyl sites for hydroxylation is 1. The van der Waals surface area contributed by atoms with E-state index in [1.165, 1.54) is 4.80 Å². The molecule has 0 radical (unpaired) electrons. The van der Waals surface area contributed by atoms with E-state index in [0.29, 0.717) is 11.5 Å². The molecule has 0 bridgehead atoms. The van der Waals surface area contributed by atoms with E-state index in [4.69, 9.17) is 0 Å². The molecule has 2 aromatic rings. The second kappa shape index (κ2) is 5.91. The Kier molecular flexibility index (Phi) is 4.04. The maximum absolute atomic E-state index is 11.4. The van der Waals surface area contributed by atoms with Crippen molar-refractivity contribution in [2.24, 2.45) is 7.05 Å². The van der Waals surface area contributed by atoms with Crippen LogP contribution in [-0.4, -0.2) is 38.7 Å². The van der Waals surface area contributed by atoms with Crippen molar-refractivity contribution in [2.45, 2.75) is 6.92 Å². The topological polar surface area (TPSA) is 99.0 Å². The van der Waals surface area contributed by atoms with Crippen molar-refractivity contribution in [1.29, 1.82) is 0 Å². The first-order chi connectivity index (χ1) is 9.60. The van der Waals surface area contributed by atoms with Crippen LogP contribution in [0.1, 0.15) is 6.92 Å². The zero-order valence-electron chi connectivity index (χ0n) is 11.0. The van der Waals surface area contributed by atoms with Gasteiger partial charge in [-0.15, -0.1) is 10.2 Å². The number of nitrogens with zero attached hydrogens (tertiary/aromatic N) is 4. The molecule has 2 rings (SSSR count). The lowest BCUT2D eigenvalue weighted by molar-refractivity contribution is -0.152. The molecule has 0 atom stereocenters. The summed E-state index contributed by atoms with van der Waals surface area (Å²) >= 11 is 0. The first-order valence-corrected chi connectivity index (χ1v) is 5.92. The molecule has 0 unspecified atom stereocenters. The highest BCUT2D eigenvalue weighted by Crippen LogP contribution is 2.16. The van der Waals surface area contributed by atoms with Gasteiger partial charge in [-0.3, -0.25) is 4.79 Å². The second-order valence-electron chi connectivity index (χ2n) is 3.85. The Morgan fingerprint density at radius 1 is 1.30 bits per heavy atom. The minimum Gasteiger partial charge on any atom is -0.459 e. The molecule has 1 heterocycles. The highest BCUT2D eigenvalue weighted by Gasteiger charge is 2.14. The van der Waals surface area contributed by atoms with Crippen LogP contribution in [-0.2, 0) is 21.4 Å². The normalized spacial score (nSPS) is 10.1. The third kappa shape index (κ3) is 3.16. The Bertz CT molecular complexity index is 620. The lowest BCUT2D eigenvalue weighted by Crippen LogP contribution is -2.24. The molecule has 1 aromatic heterocycles. The van der Waals surface area contributed by atoms with Crippen LogP contribution in [0.15, 0.2) is 24.3 Å². The maximum atomic E-state index is 11.4. The number of amides is 1. The largest absolute Gasteiger partial charge is 0.459 e. The SMILES string of the molecule is CCOC(=O)C(=O)Nc1ccc(-c2nnn(C)n2)cc1. The number of hydrogen-bond acceptors (Lipinski definition) is 6. The number of aromatic nitrogens is 4. The van der Waals surface area contributed by atoms with Crippen LogP contribution in [0.4, 0.5) is 5.69 Å². The van der Waals surface area contributed by atoms with Crippen LogP contribution < -0.4 is 5.32 Å². The van der Waals surface area contributed by atoms with E-state index >= 15 is 0 Å². The molecule has 8 nitrogen and oxygen atoms in total. The Labute approximate surface area is 114 Å². The maximum Gasteiger partial charge on any atom is 0.397 e. The van der Waals surface area contributed by atoms with Gasteiger partial charge >= 0.3 is 11.9 Å². The van der Waals surface area contributed by atoms with E-state index in [2.05, 4.69) is 25.5 Å². The van der Waals surface area contributed by atoms with Gasteiger partial charge < -0.3 is 10.1 Å². The highest BCUT2D eigenvalue weighted by molar-refractivity contribution is 6.37. The van der Waals surface area contributed by atoms with Crippen LogP contribution in [0.25, 0.3) is 11.4 Å². The number of tetrazole rings is 1. The van der Waals surface area contributed by atoms with Crippen molar-refractivity contribution >= 4 is 17.6 Å². The lowest BCUT2D eigenvalue weighted by atomic mass is 10.2.